The van der Waals surface area contributed by atoms with Crippen molar-refractivity contribution in [1.29, 1.82) is 0 Å². The molecule has 2 amide bonds. The van der Waals surface area contributed by atoms with Gasteiger partial charge < -0.3 is 20.1 Å². The van der Waals surface area contributed by atoms with Crippen LogP contribution in [-0.4, -0.2) is 54.4 Å². The standard InChI is InChI=1S/C13H24N2O4/c1-4-5-15(13(18)14-6-9(2)3)11-8-19-7-10(11)12(16)17/h9-11H,4-8H2,1-3H3,(H,14,18)(H,16,17). The molecule has 6 heteroatoms. The molecule has 0 aromatic heterocycles. The summed E-state index contributed by atoms with van der Waals surface area (Å²) in [5.74, 6) is -1.17. The SMILES string of the molecule is CCCN(C(=O)NCC(C)C)C1COCC1C(=O)O. The van der Waals surface area contributed by atoms with E-state index < -0.39 is 11.9 Å². The Balaban J connectivity index is 2.70. The first-order valence-corrected chi connectivity index (χ1v) is 6.82. The molecule has 0 saturated carbocycles. The maximum Gasteiger partial charge on any atom is 0.317 e. The Morgan fingerprint density at radius 1 is 1.42 bits per heavy atom. The summed E-state index contributed by atoms with van der Waals surface area (Å²) in [5, 5.41) is 12.0. The van der Waals surface area contributed by atoms with E-state index in [2.05, 4.69) is 5.32 Å². The van der Waals surface area contributed by atoms with Gasteiger partial charge in [-0.15, -0.1) is 0 Å². The molecule has 2 atom stereocenters. The number of carboxylic acid groups (broad SMARTS) is 1. The summed E-state index contributed by atoms with van der Waals surface area (Å²) in [4.78, 5) is 24.9. The van der Waals surface area contributed by atoms with Crippen molar-refractivity contribution < 1.29 is 19.4 Å². The van der Waals surface area contributed by atoms with Crippen molar-refractivity contribution >= 4 is 12.0 Å². The molecule has 1 fully saturated rings. The van der Waals surface area contributed by atoms with Crippen molar-refractivity contribution in [3.8, 4) is 0 Å². The first kappa shape index (κ1) is 15.8. The second-order valence-corrected chi connectivity index (χ2v) is 5.32. The Bertz CT molecular complexity index is 320. The molecule has 0 aliphatic carbocycles. The van der Waals surface area contributed by atoms with Crippen LogP contribution in [0.25, 0.3) is 0 Å². The van der Waals surface area contributed by atoms with Crippen LogP contribution in [0, 0.1) is 11.8 Å². The average Bonchev–Trinajstić information content (AvgIpc) is 2.81. The maximum atomic E-state index is 12.2. The topological polar surface area (TPSA) is 78.9 Å². The Morgan fingerprint density at radius 3 is 2.63 bits per heavy atom. The van der Waals surface area contributed by atoms with E-state index in [1.165, 1.54) is 0 Å². The Hall–Kier alpha value is -1.30. The molecule has 1 aliphatic rings. The molecule has 1 aliphatic heterocycles. The van der Waals surface area contributed by atoms with Crippen LogP contribution >= 0.6 is 0 Å². The third-order valence-electron chi connectivity index (χ3n) is 3.15. The molecule has 2 unspecified atom stereocenters. The monoisotopic (exact) mass is 272 g/mol. The number of carboxylic acids is 1. The van der Waals surface area contributed by atoms with Crippen LogP contribution in [0.15, 0.2) is 0 Å². The fourth-order valence-electron chi connectivity index (χ4n) is 2.14. The molecule has 0 spiro atoms. The number of hydrogen-bond acceptors (Lipinski definition) is 3. The van der Waals surface area contributed by atoms with E-state index in [1.807, 2.05) is 20.8 Å². The minimum atomic E-state index is -0.903. The fourth-order valence-corrected chi connectivity index (χ4v) is 2.14. The van der Waals surface area contributed by atoms with Gasteiger partial charge in [0.15, 0.2) is 0 Å². The number of nitrogens with one attached hydrogen (secondary N) is 1. The molecule has 2 N–H and O–H groups in total. The van der Waals surface area contributed by atoms with Gasteiger partial charge in [-0.1, -0.05) is 20.8 Å². The normalized spacial score (nSPS) is 22.5. The van der Waals surface area contributed by atoms with Crippen LogP contribution in [0.5, 0.6) is 0 Å². The maximum absolute atomic E-state index is 12.2. The predicted octanol–water partition coefficient (Wildman–Crippen LogP) is 1.16. The number of carbonyl (C=O) groups is 2. The minimum absolute atomic E-state index is 0.178. The number of carbonyl (C=O) groups excluding carboxylic acids is 1. The first-order chi connectivity index (χ1) is 8.97. The van der Waals surface area contributed by atoms with E-state index in [9.17, 15) is 9.59 Å². The number of ether oxygens (including phenoxy) is 1. The van der Waals surface area contributed by atoms with Gasteiger partial charge in [-0.25, -0.2) is 4.79 Å². The van der Waals surface area contributed by atoms with Gasteiger partial charge in [0.1, 0.15) is 5.92 Å². The molecule has 1 saturated heterocycles. The van der Waals surface area contributed by atoms with Gasteiger partial charge in [-0.05, 0) is 12.3 Å². The number of hydrogen-bond donors (Lipinski definition) is 2. The lowest BCUT2D eigenvalue weighted by Crippen LogP contribution is -2.51. The lowest BCUT2D eigenvalue weighted by Gasteiger charge is -2.30. The van der Waals surface area contributed by atoms with Crippen molar-refractivity contribution in [1.82, 2.24) is 10.2 Å². The molecule has 19 heavy (non-hydrogen) atoms. The summed E-state index contributed by atoms with van der Waals surface area (Å²) in [6.07, 6.45) is 0.790. The molecule has 0 aromatic rings. The van der Waals surface area contributed by atoms with Gasteiger partial charge in [0.05, 0.1) is 19.3 Å². The van der Waals surface area contributed by atoms with Gasteiger partial charge in [-0.2, -0.15) is 0 Å². The highest BCUT2D eigenvalue weighted by atomic mass is 16.5. The van der Waals surface area contributed by atoms with Crippen LogP contribution in [0.4, 0.5) is 4.79 Å². The fraction of sp³-hybridized carbons (Fsp3) is 0.846. The number of nitrogens with zero attached hydrogens (tertiary/aromatic N) is 1. The van der Waals surface area contributed by atoms with Gasteiger partial charge >= 0.3 is 12.0 Å². The van der Waals surface area contributed by atoms with E-state index in [-0.39, 0.29) is 18.7 Å². The number of amides is 2. The van der Waals surface area contributed by atoms with E-state index in [4.69, 9.17) is 9.84 Å². The lowest BCUT2D eigenvalue weighted by atomic mass is 10.0. The Morgan fingerprint density at radius 2 is 2.11 bits per heavy atom. The molecule has 0 bridgehead atoms. The average molecular weight is 272 g/mol. The van der Waals surface area contributed by atoms with Gasteiger partial charge in [-0.3, -0.25) is 4.79 Å². The summed E-state index contributed by atoms with van der Waals surface area (Å²) in [6, 6.07) is -0.568. The number of urea groups is 1. The predicted molar refractivity (Wildman–Crippen MR) is 71.0 cm³/mol. The Kier molecular flexibility index (Phi) is 6.08. The van der Waals surface area contributed by atoms with Crippen LogP contribution in [-0.2, 0) is 9.53 Å². The zero-order valence-electron chi connectivity index (χ0n) is 11.9. The minimum Gasteiger partial charge on any atom is -0.481 e. The summed E-state index contributed by atoms with van der Waals surface area (Å²) in [6.45, 7) is 7.61. The second-order valence-electron chi connectivity index (χ2n) is 5.32. The highest BCUT2D eigenvalue weighted by Gasteiger charge is 2.39. The zero-order valence-corrected chi connectivity index (χ0v) is 11.9. The molecule has 6 nitrogen and oxygen atoms in total. The van der Waals surface area contributed by atoms with Crippen molar-refractivity contribution in [2.75, 3.05) is 26.3 Å². The van der Waals surface area contributed by atoms with E-state index >= 15 is 0 Å². The second kappa shape index (κ2) is 7.33. The lowest BCUT2D eigenvalue weighted by molar-refractivity contribution is -0.142. The van der Waals surface area contributed by atoms with Gasteiger partial charge in [0.2, 0.25) is 0 Å². The van der Waals surface area contributed by atoms with Gasteiger partial charge in [0, 0.05) is 13.1 Å². The van der Waals surface area contributed by atoms with Crippen molar-refractivity contribution in [2.24, 2.45) is 11.8 Å². The Labute approximate surface area is 114 Å². The first-order valence-electron chi connectivity index (χ1n) is 6.82. The van der Waals surface area contributed by atoms with Crippen molar-refractivity contribution in [3.05, 3.63) is 0 Å². The quantitative estimate of drug-likeness (QED) is 0.760. The smallest absolute Gasteiger partial charge is 0.317 e. The molecule has 110 valence electrons. The van der Waals surface area contributed by atoms with Crippen molar-refractivity contribution in [2.45, 2.75) is 33.2 Å². The number of rotatable bonds is 6. The summed E-state index contributed by atoms with van der Waals surface area (Å²) in [5.41, 5.74) is 0. The van der Waals surface area contributed by atoms with Gasteiger partial charge in [0.25, 0.3) is 0 Å². The van der Waals surface area contributed by atoms with Crippen molar-refractivity contribution in [3.63, 3.8) is 0 Å². The van der Waals surface area contributed by atoms with Crippen LogP contribution < -0.4 is 5.32 Å². The van der Waals surface area contributed by atoms with E-state index in [1.54, 1.807) is 4.90 Å². The largest absolute Gasteiger partial charge is 0.481 e. The summed E-state index contributed by atoms with van der Waals surface area (Å²) in [7, 11) is 0. The van der Waals surface area contributed by atoms with Crippen LogP contribution in [0.1, 0.15) is 27.2 Å². The summed E-state index contributed by atoms with van der Waals surface area (Å²) >= 11 is 0. The van der Waals surface area contributed by atoms with Crippen LogP contribution in [0.3, 0.4) is 0 Å². The summed E-state index contributed by atoms with van der Waals surface area (Å²) < 4.78 is 5.23. The number of aliphatic carboxylic acids is 1. The third-order valence-corrected chi connectivity index (χ3v) is 3.15. The molecule has 1 rings (SSSR count). The van der Waals surface area contributed by atoms with E-state index in [0.29, 0.717) is 25.6 Å². The molecule has 0 aromatic carbocycles. The van der Waals surface area contributed by atoms with E-state index in [0.717, 1.165) is 6.42 Å². The molecule has 1 heterocycles. The zero-order chi connectivity index (χ0) is 14.4. The highest BCUT2D eigenvalue weighted by molar-refractivity contribution is 5.77. The third kappa shape index (κ3) is 4.38. The highest BCUT2D eigenvalue weighted by Crippen LogP contribution is 2.20. The molecular formula is C13H24N2O4. The van der Waals surface area contributed by atoms with Crippen LogP contribution in [0.2, 0.25) is 0 Å². The molecule has 0 radical (unpaired) electrons. The molecular weight excluding hydrogens is 248 g/mol.